The molecule has 1 aromatic heterocycles. The molecule has 1 saturated heterocycles. The van der Waals surface area contributed by atoms with E-state index in [0.717, 1.165) is 37.4 Å². The van der Waals surface area contributed by atoms with Crippen molar-refractivity contribution in [2.45, 2.75) is 38.6 Å². The molecule has 21 heavy (non-hydrogen) atoms. The molecule has 1 atom stereocenters. The summed E-state index contributed by atoms with van der Waals surface area (Å²) in [5, 5.41) is 0. The molecule has 3 rings (SSSR count). The third-order valence-corrected chi connectivity index (χ3v) is 4.76. The lowest BCUT2D eigenvalue weighted by molar-refractivity contribution is 0.0516. The van der Waals surface area contributed by atoms with Crippen LogP contribution in [-0.2, 0) is 10.6 Å². The van der Waals surface area contributed by atoms with Crippen molar-refractivity contribution in [1.82, 2.24) is 9.55 Å². The minimum Gasteiger partial charge on any atom is -0.381 e. The number of aryl methyl sites for hydroxylation is 1. The Morgan fingerprint density at radius 2 is 2.14 bits per heavy atom. The van der Waals surface area contributed by atoms with Gasteiger partial charge in [-0.05, 0) is 44.2 Å². The maximum absolute atomic E-state index is 13.8. The fourth-order valence-electron chi connectivity index (χ4n) is 3.23. The first-order valence-corrected chi connectivity index (χ1v) is 7.96. The number of rotatable bonds is 3. The van der Waals surface area contributed by atoms with Gasteiger partial charge in [0, 0.05) is 25.3 Å². The van der Waals surface area contributed by atoms with Crippen molar-refractivity contribution in [1.29, 1.82) is 0 Å². The molecule has 0 spiro atoms. The van der Waals surface area contributed by atoms with E-state index in [9.17, 15) is 4.39 Å². The van der Waals surface area contributed by atoms with Crippen LogP contribution in [0.4, 0.5) is 4.39 Å². The van der Waals surface area contributed by atoms with Crippen molar-refractivity contribution in [3.63, 3.8) is 0 Å². The maximum Gasteiger partial charge on any atom is 0.128 e. The van der Waals surface area contributed by atoms with Crippen LogP contribution in [-0.4, -0.2) is 22.8 Å². The predicted molar refractivity (Wildman–Crippen MR) is 82.2 cm³/mol. The van der Waals surface area contributed by atoms with Crippen molar-refractivity contribution in [3.05, 3.63) is 29.3 Å². The number of imidazole rings is 1. The Labute approximate surface area is 129 Å². The molecule has 114 valence electrons. The zero-order valence-corrected chi connectivity index (χ0v) is 13.2. The number of alkyl halides is 1. The van der Waals surface area contributed by atoms with E-state index >= 15 is 0 Å². The Bertz CT molecular complexity index is 649. The maximum atomic E-state index is 13.8. The first kappa shape index (κ1) is 14.8. The minimum atomic E-state index is -0.216. The molecule has 1 unspecified atom stereocenters. The second kappa shape index (κ2) is 5.93. The predicted octanol–water partition coefficient (Wildman–Crippen LogP) is 4.21. The largest absolute Gasteiger partial charge is 0.381 e. The highest BCUT2D eigenvalue weighted by atomic mass is 35.5. The number of halogens is 2. The topological polar surface area (TPSA) is 27.1 Å². The van der Waals surface area contributed by atoms with E-state index in [2.05, 4.69) is 16.5 Å². The number of hydrogen-bond acceptors (Lipinski definition) is 2. The van der Waals surface area contributed by atoms with Gasteiger partial charge in [-0.3, -0.25) is 0 Å². The molecule has 1 aliphatic heterocycles. The third-order valence-electron chi connectivity index (χ3n) is 4.52. The number of fused-ring (bicyclic) bond motifs is 1. The molecule has 0 bridgehead atoms. The molecule has 1 aromatic carbocycles. The zero-order chi connectivity index (χ0) is 15.0. The Morgan fingerprint density at radius 3 is 2.81 bits per heavy atom. The van der Waals surface area contributed by atoms with Gasteiger partial charge in [0.15, 0.2) is 0 Å². The van der Waals surface area contributed by atoms with Crippen LogP contribution in [0.2, 0.25) is 0 Å². The average molecular weight is 311 g/mol. The summed E-state index contributed by atoms with van der Waals surface area (Å²) in [6.07, 6.45) is 2.09. The summed E-state index contributed by atoms with van der Waals surface area (Å²) in [5.74, 6) is 1.48. The zero-order valence-electron chi connectivity index (χ0n) is 12.4. The van der Waals surface area contributed by atoms with Gasteiger partial charge in [-0.15, -0.1) is 11.6 Å². The smallest absolute Gasteiger partial charge is 0.128 e. The highest BCUT2D eigenvalue weighted by molar-refractivity contribution is 6.16. The average Bonchev–Trinajstić information content (AvgIpc) is 2.85. The summed E-state index contributed by atoms with van der Waals surface area (Å²) in [5.41, 5.74) is 2.31. The van der Waals surface area contributed by atoms with Crippen molar-refractivity contribution in [2.24, 2.45) is 5.92 Å². The van der Waals surface area contributed by atoms with Gasteiger partial charge in [0.2, 0.25) is 0 Å². The lowest BCUT2D eigenvalue weighted by atomic mass is 9.92. The van der Waals surface area contributed by atoms with E-state index in [4.69, 9.17) is 16.3 Å². The van der Waals surface area contributed by atoms with E-state index in [1.807, 2.05) is 6.07 Å². The Morgan fingerprint density at radius 1 is 1.43 bits per heavy atom. The van der Waals surface area contributed by atoms with E-state index in [1.165, 1.54) is 6.07 Å². The van der Waals surface area contributed by atoms with Gasteiger partial charge in [-0.2, -0.15) is 0 Å². The Balaban J connectivity index is 2.08. The van der Waals surface area contributed by atoms with Gasteiger partial charge in [-0.25, -0.2) is 9.37 Å². The fourth-order valence-corrected chi connectivity index (χ4v) is 3.42. The van der Waals surface area contributed by atoms with Gasteiger partial charge in [0.25, 0.3) is 0 Å². The van der Waals surface area contributed by atoms with Crippen molar-refractivity contribution >= 4 is 22.6 Å². The summed E-state index contributed by atoms with van der Waals surface area (Å²) in [6, 6.07) is 3.68. The summed E-state index contributed by atoms with van der Waals surface area (Å²) in [7, 11) is 0. The molecule has 2 heterocycles. The molecule has 0 amide bonds. The number of nitrogens with zero attached hydrogens (tertiary/aromatic N) is 2. The van der Waals surface area contributed by atoms with Crippen LogP contribution in [0.5, 0.6) is 0 Å². The van der Waals surface area contributed by atoms with E-state index < -0.39 is 0 Å². The molecule has 5 heteroatoms. The molecule has 0 N–H and O–H groups in total. The minimum absolute atomic E-state index is 0.216. The molecule has 1 fully saturated rings. The lowest BCUT2D eigenvalue weighted by Crippen LogP contribution is -2.25. The van der Waals surface area contributed by atoms with Gasteiger partial charge >= 0.3 is 0 Å². The van der Waals surface area contributed by atoms with Crippen LogP contribution < -0.4 is 0 Å². The van der Waals surface area contributed by atoms with Gasteiger partial charge in [-0.1, -0.05) is 0 Å². The van der Waals surface area contributed by atoms with Crippen molar-refractivity contribution in [3.8, 4) is 0 Å². The Kier molecular flexibility index (Phi) is 4.18. The normalized spacial score (nSPS) is 18.3. The molecule has 0 aliphatic carbocycles. The van der Waals surface area contributed by atoms with Crippen LogP contribution in [0.3, 0.4) is 0 Å². The first-order valence-electron chi connectivity index (χ1n) is 7.42. The Hall–Kier alpha value is -1.13. The van der Waals surface area contributed by atoms with Gasteiger partial charge in [0.05, 0.1) is 16.9 Å². The van der Waals surface area contributed by atoms with Crippen LogP contribution in [0.25, 0.3) is 11.0 Å². The molecular formula is C16H20ClFN2O. The number of aromatic nitrogens is 2. The first-order chi connectivity index (χ1) is 10.1. The summed E-state index contributed by atoms with van der Waals surface area (Å²) >= 11 is 6.06. The van der Waals surface area contributed by atoms with Crippen LogP contribution in [0, 0.1) is 18.7 Å². The fraction of sp³-hybridized carbons (Fsp3) is 0.562. The molecule has 0 radical (unpaired) electrons. The summed E-state index contributed by atoms with van der Waals surface area (Å²) in [6.45, 7) is 5.61. The molecule has 0 saturated carbocycles. The number of hydrogen-bond donors (Lipinski definition) is 0. The van der Waals surface area contributed by atoms with Gasteiger partial charge < -0.3 is 9.30 Å². The SMILES string of the molecule is Cc1cc2c(cc1F)nc(CCl)n2C(C)C1CCOCC1. The summed E-state index contributed by atoms with van der Waals surface area (Å²) in [4.78, 5) is 4.51. The monoisotopic (exact) mass is 310 g/mol. The quantitative estimate of drug-likeness (QED) is 0.794. The van der Waals surface area contributed by atoms with Gasteiger partial charge in [0.1, 0.15) is 11.6 Å². The molecule has 1 aliphatic rings. The highest BCUT2D eigenvalue weighted by Gasteiger charge is 2.25. The van der Waals surface area contributed by atoms with Crippen molar-refractivity contribution < 1.29 is 9.13 Å². The van der Waals surface area contributed by atoms with E-state index in [-0.39, 0.29) is 11.9 Å². The molecular weight excluding hydrogens is 291 g/mol. The van der Waals surface area contributed by atoms with E-state index in [1.54, 1.807) is 6.92 Å². The number of ether oxygens (including phenoxy) is 1. The standard InChI is InChI=1S/C16H20ClFN2O/c1-10-7-15-14(8-13(10)18)19-16(9-17)20(15)11(2)12-3-5-21-6-4-12/h7-8,11-12H,3-6,9H2,1-2H3. The second-order valence-corrected chi connectivity index (χ2v) is 6.08. The summed E-state index contributed by atoms with van der Waals surface area (Å²) < 4.78 is 21.4. The highest BCUT2D eigenvalue weighted by Crippen LogP contribution is 2.32. The van der Waals surface area contributed by atoms with Crippen molar-refractivity contribution in [2.75, 3.05) is 13.2 Å². The molecule has 2 aromatic rings. The van der Waals surface area contributed by atoms with E-state index in [0.29, 0.717) is 22.9 Å². The van der Waals surface area contributed by atoms with Crippen LogP contribution in [0.1, 0.15) is 37.2 Å². The van der Waals surface area contributed by atoms with Crippen LogP contribution in [0.15, 0.2) is 12.1 Å². The molecule has 3 nitrogen and oxygen atoms in total. The third kappa shape index (κ3) is 2.67. The number of benzene rings is 1. The lowest BCUT2D eigenvalue weighted by Gasteiger charge is -2.30. The van der Waals surface area contributed by atoms with Crippen LogP contribution >= 0.6 is 11.6 Å². The second-order valence-electron chi connectivity index (χ2n) is 5.81.